The Morgan fingerprint density at radius 3 is 2.84 bits per heavy atom. The molecule has 2 aromatic carbocycles. The van der Waals surface area contributed by atoms with E-state index in [1.165, 1.54) is 28.1 Å². The van der Waals surface area contributed by atoms with E-state index < -0.39 is 0 Å². The highest BCUT2D eigenvalue weighted by Gasteiger charge is 2.24. The molecule has 1 aliphatic heterocycles. The van der Waals surface area contributed by atoms with E-state index in [-0.39, 0.29) is 12.1 Å². The molecular weight excluding hydrogens is 384 g/mol. The summed E-state index contributed by atoms with van der Waals surface area (Å²) in [6, 6.07) is 13.4. The van der Waals surface area contributed by atoms with Gasteiger partial charge in [-0.05, 0) is 56.5 Å². The Bertz CT molecular complexity index is 1240. The van der Waals surface area contributed by atoms with Crippen molar-refractivity contribution in [2.45, 2.75) is 46.3 Å². The molecule has 1 unspecified atom stereocenters. The van der Waals surface area contributed by atoms with Crippen molar-refractivity contribution < 1.29 is 0 Å². The maximum absolute atomic E-state index is 4.46. The Labute approximate surface area is 182 Å². The van der Waals surface area contributed by atoms with Gasteiger partial charge in [-0.3, -0.25) is 0 Å². The lowest BCUT2D eigenvalue weighted by Gasteiger charge is -2.36. The lowest BCUT2D eigenvalue weighted by molar-refractivity contribution is 0.509. The number of aryl methyl sites for hydroxylation is 1. The van der Waals surface area contributed by atoms with E-state index in [4.69, 9.17) is 0 Å². The first-order valence-corrected chi connectivity index (χ1v) is 10.9. The predicted molar refractivity (Wildman–Crippen MR) is 125 cm³/mol. The highest BCUT2D eigenvalue weighted by molar-refractivity contribution is 5.93. The minimum atomic E-state index is 0.131. The number of hydrogen-bond donors (Lipinski definition) is 1. The predicted octanol–water partition coefficient (Wildman–Crippen LogP) is 5.20. The van der Waals surface area contributed by atoms with Gasteiger partial charge in [0.15, 0.2) is 5.82 Å². The zero-order valence-corrected chi connectivity index (χ0v) is 18.5. The molecule has 6 nitrogen and oxygen atoms in total. The van der Waals surface area contributed by atoms with E-state index in [1.807, 2.05) is 18.7 Å². The Hall–Kier alpha value is -3.41. The smallest absolute Gasteiger partial charge is 0.157 e. The number of rotatable bonds is 4. The van der Waals surface area contributed by atoms with Crippen molar-refractivity contribution in [1.82, 2.24) is 19.7 Å². The first kappa shape index (κ1) is 19.5. The van der Waals surface area contributed by atoms with Gasteiger partial charge in [-0.25, -0.2) is 4.98 Å². The van der Waals surface area contributed by atoms with Gasteiger partial charge in [0.25, 0.3) is 0 Å². The first-order chi connectivity index (χ1) is 15.0. The average Bonchev–Trinajstić information content (AvgIpc) is 3.26. The van der Waals surface area contributed by atoms with E-state index in [9.17, 15) is 0 Å². The van der Waals surface area contributed by atoms with Gasteiger partial charge in [0.1, 0.15) is 0 Å². The van der Waals surface area contributed by atoms with Gasteiger partial charge in [0.2, 0.25) is 0 Å². The van der Waals surface area contributed by atoms with Crippen molar-refractivity contribution in [1.29, 1.82) is 0 Å². The Morgan fingerprint density at radius 1 is 1.10 bits per heavy atom. The number of nitrogens with one attached hydrogen (secondary N) is 1. The van der Waals surface area contributed by atoms with E-state index in [2.05, 4.69) is 94.1 Å². The molecule has 4 aromatic rings. The minimum Gasteiger partial charge on any atom is -0.362 e. The number of imidazole rings is 1. The summed E-state index contributed by atoms with van der Waals surface area (Å²) in [5.74, 6) is 0.822. The molecule has 0 bridgehead atoms. The van der Waals surface area contributed by atoms with Gasteiger partial charge < -0.3 is 14.8 Å². The monoisotopic (exact) mass is 412 g/mol. The van der Waals surface area contributed by atoms with Crippen molar-refractivity contribution in [3.63, 3.8) is 0 Å². The number of nitrogens with zero attached hydrogens (tertiary/aromatic N) is 5. The topological polar surface area (TPSA) is 58.9 Å². The van der Waals surface area contributed by atoms with Crippen LogP contribution in [0, 0.1) is 13.8 Å². The van der Waals surface area contributed by atoms with Gasteiger partial charge in [-0.2, -0.15) is 5.10 Å². The first-order valence-electron chi connectivity index (χ1n) is 10.9. The SMILES string of the molecule is Cc1cccc([C@@H](C)Nc2nncc3ccc(N4CCn5cncc5C4C)cc23)c1C. The molecule has 1 N–H and O–H groups in total. The second kappa shape index (κ2) is 7.69. The summed E-state index contributed by atoms with van der Waals surface area (Å²) in [4.78, 5) is 6.77. The third kappa shape index (κ3) is 3.42. The van der Waals surface area contributed by atoms with Crippen LogP contribution in [-0.4, -0.2) is 26.3 Å². The molecule has 2 aromatic heterocycles. The fraction of sp³-hybridized carbons (Fsp3) is 0.320. The Balaban J connectivity index is 1.49. The zero-order valence-electron chi connectivity index (χ0n) is 18.5. The summed E-state index contributed by atoms with van der Waals surface area (Å²) < 4.78 is 2.24. The third-order valence-electron chi connectivity index (χ3n) is 6.67. The summed E-state index contributed by atoms with van der Waals surface area (Å²) >= 11 is 0. The van der Waals surface area contributed by atoms with Crippen LogP contribution in [0.3, 0.4) is 0 Å². The Kier molecular flexibility index (Phi) is 4.85. The molecule has 0 spiro atoms. The molecule has 2 atom stereocenters. The molecule has 6 heteroatoms. The average molecular weight is 413 g/mol. The maximum Gasteiger partial charge on any atom is 0.157 e. The number of aromatic nitrogens is 4. The van der Waals surface area contributed by atoms with Crippen LogP contribution in [-0.2, 0) is 6.54 Å². The summed E-state index contributed by atoms with van der Waals surface area (Å²) in [6.45, 7) is 10.7. The van der Waals surface area contributed by atoms with Crippen LogP contribution in [0.15, 0.2) is 55.1 Å². The number of anilines is 2. The Morgan fingerprint density at radius 2 is 1.97 bits per heavy atom. The highest BCUT2D eigenvalue weighted by atomic mass is 15.2. The molecule has 0 aliphatic carbocycles. The van der Waals surface area contributed by atoms with E-state index in [0.29, 0.717) is 0 Å². The molecule has 5 rings (SSSR count). The normalized spacial score (nSPS) is 16.9. The number of fused-ring (bicyclic) bond motifs is 2. The zero-order chi connectivity index (χ0) is 21.5. The molecule has 158 valence electrons. The molecule has 31 heavy (non-hydrogen) atoms. The quantitative estimate of drug-likeness (QED) is 0.499. The van der Waals surface area contributed by atoms with E-state index in [0.717, 1.165) is 29.7 Å². The molecule has 3 heterocycles. The molecule has 0 radical (unpaired) electrons. The number of benzene rings is 2. The number of hydrogen-bond acceptors (Lipinski definition) is 5. The molecule has 0 amide bonds. The van der Waals surface area contributed by atoms with Gasteiger partial charge in [-0.15, -0.1) is 5.10 Å². The standard InChI is InChI=1S/C25H28N6/c1-16-6-5-7-22(17(16)2)18(3)28-25-23-12-21(9-8-20(23)13-27-29-25)31-11-10-30-15-26-14-24(30)19(31)4/h5-9,12-15,18-19H,10-11H2,1-4H3,(H,28,29)/t18-,19?/m1/s1. The lowest BCUT2D eigenvalue weighted by atomic mass is 9.98. The van der Waals surface area contributed by atoms with Gasteiger partial charge in [0.05, 0.1) is 36.5 Å². The van der Waals surface area contributed by atoms with Crippen LogP contribution in [0.1, 0.15) is 48.3 Å². The fourth-order valence-electron chi connectivity index (χ4n) is 4.66. The van der Waals surface area contributed by atoms with Crippen molar-refractivity contribution in [2.75, 3.05) is 16.8 Å². The van der Waals surface area contributed by atoms with Gasteiger partial charge >= 0.3 is 0 Å². The largest absolute Gasteiger partial charge is 0.362 e. The minimum absolute atomic E-state index is 0.131. The highest BCUT2D eigenvalue weighted by Crippen LogP contribution is 2.34. The maximum atomic E-state index is 4.46. The molecule has 0 saturated carbocycles. The summed E-state index contributed by atoms with van der Waals surface area (Å²) in [5.41, 5.74) is 6.35. The summed E-state index contributed by atoms with van der Waals surface area (Å²) in [7, 11) is 0. The van der Waals surface area contributed by atoms with Crippen LogP contribution >= 0.6 is 0 Å². The molecular formula is C25H28N6. The van der Waals surface area contributed by atoms with Crippen LogP contribution in [0.5, 0.6) is 0 Å². The van der Waals surface area contributed by atoms with Crippen molar-refractivity contribution >= 4 is 22.3 Å². The second-order valence-electron chi connectivity index (χ2n) is 8.50. The third-order valence-corrected chi connectivity index (χ3v) is 6.67. The van der Waals surface area contributed by atoms with Crippen LogP contribution in [0.4, 0.5) is 11.5 Å². The van der Waals surface area contributed by atoms with Crippen LogP contribution in [0.2, 0.25) is 0 Å². The van der Waals surface area contributed by atoms with Crippen molar-refractivity contribution in [3.05, 3.63) is 77.5 Å². The van der Waals surface area contributed by atoms with Crippen LogP contribution < -0.4 is 10.2 Å². The van der Waals surface area contributed by atoms with E-state index in [1.54, 1.807) is 0 Å². The van der Waals surface area contributed by atoms with Crippen LogP contribution in [0.25, 0.3) is 10.8 Å². The molecule has 1 aliphatic rings. The fourth-order valence-corrected chi connectivity index (χ4v) is 4.66. The molecule has 0 fully saturated rings. The summed E-state index contributed by atoms with van der Waals surface area (Å²) in [5, 5.41) is 14.5. The lowest BCUT2D eigenvalue weighted by Crippen LogP contribution is -2.36. The summed E-state index contributed by atoms with van der Waals surface area (Å²) in [6.07, 6.45) is 5.74. The van der Waals surface area contributed by atoms with Crippen molar-refractivity contribution in [3.8, 4) is 0 Å². The van der Waals surface area contributed by atoms with Crippen molar-refractivity contribution in [2.24, 2.45) is 0 Å². The van der Waals surface area contributed by atoms with E-state index >= 15 is 0 Å². The molecule has 0 saturated heterocycles. The van der Waals surface area contributed by atoms with Gasteiger partial charge in [-0.1, -0.05) is 24.3 Å². The second-order valence-corrected chi connectivity index (χ2v) is 8.50. The van der Waals surface area contributed by atoms with Gasteiger partial charge in [0, 0.05) is 29.5 Å².